The van der Waals surface area contributed by atoms with Crippen LogP contribution in [0.3, 0.4) is 0 Å². The molecule has 1 heterocycles. The van der Waals surface area contributed by atoms with Crippen molar-refractivity contribution in [2.24, 2.45) is 4.99 Å². The Hall–Kier alpha value is -1.84. The van der Waals surface area contributed by atoms with Crippen LogP contribution >= 0.6 is 11.3 Å². The lowest BCUT2D eigenvalue weighted by Crippen LogP contribution is -2.38. The first kappa shape index (κ1) is 19.2. The molecule has 1 rings (SSSR count). The maximum absolute atomic E-state index is 12.4. The van der Waals surface area contributed by atoms with Crippen molar-refractivity contribution >= 4 is 23.3 Å². The van der Waals surface area contributed by atoms with Crippen LogP contribution in [0.25, 0.3) is 0 Å². The van der Waals surface area contributed by atoms with Crippen molar-refractivity contribution in [2.45, 2.75) is 25.9 Å². The Morgan fingerprint density at radius 3 is 2.74 bits per heavy atom. The molecule has 6 nitrogen and oxygen atoms in total. The van der Waals surface area contributed by atoms with Gasteiger partial charge in [-0.05, 0) is 6.92 Å². The van der Waals surface area contributed by atoms with E-state index in [0.717, 1.165) is 16.7 Å². The SMILES string of the molecule is CCNC(=NCCc1nc(C(F)(F)F)cs1)NCCC(=O)OC. The van der Waals surface area contributed by atoms with Crippen LogP contribution < -0.4 is 10.6 Å². The molecule has 0 unspecified atom stereocenters. The van der Waals surface area contributed by atoms with Gasteiger partial charge in [0.25, 0.3) is 0 Å². The summed E-state index contributed by atoms with van der Waals surface area (Å²) >= 11 is 0.964. The van der Waals surface area contributed by atoms with Gasteiger partial charge in [-0.25, -0.2) is 4.98 Å². The summed E-state index contributed by atoms with van der Waals surface area (Å²) in [4.78, 5) is 18.8. The lowest BCUT2D eigenvalue weighted by Gasteiger charge is -2.10. The van der Waals surface area contributed by atoms with Crippen molar-refractivity contribution in [2.75, 3.05) is 26.7 Å². The number of nitrogens with one attached hydrogen (secondary N) is 2. The summed E-state index contributed by atoms with van der Waals surface area (Å²) in [5.41, 5.74) is -0.871. The molecule has 23 heavy (non-hydrogen) atoms. The van der Waals surface area contributed by atoms with Crippen LogP contribution in [0.2, 0.25) is 0 Å². The lowest BCUT2D eigenvalue weighted by atomic mass is 10.4. The molecule has 0 saturated heterocycles. The van der Waals surface area contributed by atoms with E-state index < -0.39 is 11.9 Å². The fourth-order valence-electron chi connectivity index (χ4n) is 1.55. The molecule has 0 aromatic carbocycles. The van der Waals surface area contributed by atoms with Crippen molar-refractivity contribution in [1.82, 2.24) is 15.6 Å². The monoisotopic (exact) mass is 352 g/mol. The number of aromatic nitrogens is 1. The van der Waals surface area contributed by atoms with E-state index >= 15 is 0 Å². The normalized spacial score (nSPS) is 12.1. The highest BCUT2D eigenvalue weighted by Crippen LogP contribution is 2.30. The van der Waals surface area contributed by atoms with Crippen molar-refractivity contribution in [3.63, 3.8) is 0 Å². The fraction of sp³-hybridized carbons (Fsp3) is 0.615. The standard InChI is InChI=1S/C13H19F3N4O2S/c1-3-17-12(19-7-5-11(21)22-2)18-6-4-10-20-9(8-23-10)13(14,15)16/h8H,3-7H2,1-2H3,(H2,17,18,19). The van der Waals surface area contributed by atoms with E-state index in [0.29, 0.717) is 37.0 Å². The minimum atomic E-state index is -4.41. The molecular formula is C13H19F3N4O2S. The summed E-state index contributed by atoms with van der Waals surface area (Å²) in [6, 6.07) is 0. The molecule has 1 aromatic heterocycles. The van der Waals surface area contributed by atoms with Gasteiger partial charge < -0.3 is 15.4 Å². The summed E-state index contributed by atoms with van der Waals surface area (Å²) in [6.45, 7) is 3.15. The molecule has 130 valence electrons. The Morgan fingerprint density at radius 2 is 2.17 bits per heavy atom. The number of ether oxygens (including phenoxy) is 1. The van der Waals surface area contributed by atoms with Gasteiger partial charge in [0, 0.05) is 31.4 Å². The molecule has 0 atom stereocenters. The number of nitrogens with zero attached hydrogens (tertiary/aromatic N) is 2. The van der Waals surface area contributed by atoms with E-state index in [1.54, 1.807) is 0 Å². The van der Waals surface area contributed by atoms with Crippen LogP contribution in [-0.2, 0) is 22.1 Å². The summed E-state index contributed by atoms with van der Waals surface area (Å²) in [5, 5.41) is 7.30. The number of hydrogen-bond acceptors (Lipinski definition) is 5. The molecule has 0 aliphatic rings. The van der Waals surface area contributed by atoms with Crippen molar-refractivity contribution in [1.29, 1.82) is 0 Å². The van der Waals surface area contributed by atoms with E-state index in [-0.39, 0.29) is 12.4 Å². The topological polar surface area (TPSA) is 75.6 Å². The highest BCUT2D eigenvalue weighted by atomic mass is 32.1. The largest absolute Gasteiger partial charge is 0.469 e. The number of carbonyl (C=O) groups excluding carboxylic acids is 1. The van der Waals surface area contributed by atoms with Gasteiger partial charge in [-0.2, -0.15) is 13.2 Å². The molecule has 0 aliphatic carbocycles. The fourth-order valence-corrected chi connectivity index (χ4v) is 2.34. The minimum Gasteiger partial charge on any atom is -0.469 e. The van der Waals surface area contributed by atoms with Crippen molar-refractivity contribution < 1.29 is 22.7 Å². The second kappa shape index (κ2) is 9.33. The van der Waals surface area contributed by atoms with Crippen LogP contribution in [0.1, 0.15) is 24.0 Å². The Morgan fingerprint density at radius 1 is 1.43 bits per heavy atom. The number of methoxy groups -OCH3 is 1. The number of aliphatic imine (C=N–C) groups is 1. The predicted molar refractivity (Wildman–Crippen MR) is 81.4 cm³/mol. The Labute approximate surface area is 136 Å². The summed E-state index contributed by atoms with van der Waals surface area (Å²) in [6.07, 6.45) is -3.90. The maximum atomic E-state index is 12.4. The molecule has 2 N–H and O–H groups in total. The first-order chi connectivity index (χ1) is 10.9. The molecule has 0 aliphatic heterocycles. The summed E-state index contributed by atoms with van der Waals surface area (Å²) < 4.78 is 41.9. The van der Waals surface area contributed by atoms with E-state index in [4.69, 9.17) is 0 Å². The van der Waals surface area contributed by atoms with Gasteiger partial charge in [0.1, 0.15) is 0 Å². The molecule has 0 saturated carbocycles. The molecule has 0 radical (unpaired) electrons. The van der Waals surface area contributed by atoms with Gasteiger partial charge in [-0.3, -0.25) is 9.79 Å². The summed E-state index contributed by atoms with van der Waals surface area (Å²) in [7, 11) is 1.31. The third-order valence-corrected chi connectivity index (χ3v) is 3.54. The zero-order valence-electron chi connectivity index (χ0n) is 12.9. The van der Waals surface area contributed by atoms with E-state index in [1.807, 2.05) is 6.92 Å². The number of alkyl halides is 3. The second-order valence-corrected chi connectivity index (χ2v) is 5.33. The number of rotatable bonds is 7. The van der Waals surface area contributed by atoms with Crippen molar-refractivity contribution in [3.05, 3.63) is 16.1 Å². The number of esters is 1. The van der Waals surface area contributed by atoms with Crippen LogP contribution in [0.15, 0.2) is 10.4 Å². The molecule has 10 heteroatoms. The highest BCUT2D eigenvalue weighted by molar-refractivity contribution is 7.09. The highest BCUT2D eigenvalue weighted by Gasteiger charge is 2.33. The van der Waals surface area contributed by atoms with Crippen LogP contribution in [0, 0.1) is 0 Å². The average Bonchev–Trinajstić information content (AvgIpc) is 2.96. The van der Waals surface area contributed by atoms with Gasteiger partial charge in [0.05, 0.1) is 18.5 Å². The molecule has 1 aromatic rings. The third kappa shape index (κ3) is 7.31. The third-order valence-electron chi connectivity index (χ3n) is 2.63. The van der Waals surface area contributed by atoms with Gasteiger partial charge >= 0.3 is 12.1 Å². The lowest BCUT2D eigenvalue weighted by molar-refractivity contribution is -0.141. The van der Waals surface area contributed by atoms with Crippen LogP contribution in [0.5, 0.6) is 0 Å². The maximum Gasteiger partial charge on any atom is 0.434 e. The minimum absolute atomic E-state index is 0.197. The number of halogens is 3. The quantitative estimate of drug-likeness (QED) is 0.445. The van der Waals surface area contributed by atoms with E-state index in [9.17, 15) is 18.0 Å². The van der Waals surface area contributed by atoms with Crippen LogP contribution in [-0.4, -0.2) is 43.7 Å². The number of thiazole rings is 1. The average molecular weight is 352 g/mol. The zero-order valence-corrected chi connectivity index (χ0v) is 13.7. The van der Waals surface area contributed by atoms with Crippen molar-refractivity contribution in [3.8, 4) is 0 Å². The van der Waals surface area contributed by atoms with Gasteiger partial charge in [0.2, 0.25) is 0 Å². The van der Waals surface area contributed by atoms with E-state index in [2.05, 4.69) is 25.3 Å². The second-order valence-electron chi connectivity index (χ2n) is 4.39. The smallest absolute Gasteiger partial charge is 0.434 e. The molecular weight excluding hydrogens is 333 g/mol. The number of hydrogen-bond donors (Lipinski definition) is 2. The first-order valence-corrected chi connectivity index (χ1v) is 7.85. The zero-order chi connectivity index (χ0) is 17.3. The number of guanidine groups is 1. The first-order valence-electron chi connectivity index (χ1n) is 6.97. The van der Waals surface area contributed by atoms with Gasteiger partial charge in [0.15, 0.2) is 11.7 Å². The van der Waals surface area contributed by atoms with Gasteiger partial charge in [-0.15, -0.1) is 11.3 Å². The Bertz CT molecular complexity index is 532. The van der Waals surface area contributed by atoms with Crippen LogP contribution in [0.4, 0.5) is 13.2 Å². The Balaban J connectivity index is 2.47. The number of carbonyl (C=O) groups is 1. The molecule has 0 amide bonds. The molecule has 0 spiro atoms. The van der Waals surface area contributed by atoms with E-state index in [1.165, 1.54) is 7.11 Å². The van der Waals surface area contributed by atoms with Gasteiger partial charge in [-0.1, -0.05) is 0 Å². The molecule has 0 fully saturated rings. The summed E-state index contributed by atoms with van der Waals surface area (Å²) in [5.74, 6) is 0.153. The predicted octanol–water partition coefficient (Wildman–Crippen LogP) is 1.82. The Kier molecular flexibility index (Phi) is 7.79. The molecule has 0 bridgehead atoms.